The first-order valence-corrected chi connectivity index (χ1v) is 8.40. The predicted octanol–water partition coefficient (Wildman–Crippen LogP) is 0.688. The number of rotatable bonds is 5. The highest BCUT2D eigenvalue weighted by Gasteiger charge is 2.26. The molecule has 1 atom stereocenters. The van der Waals surface area contributed by atoms with Gasteiger partial charge in [-0.1, -0.05) is 0 Å². The van der Waals surface area contributed by atoms with Crippen molar-refractivity contribution in [3.63, 3.8) is 0 Å². The molecule has 4 rings (SSSR count). The van der Waals surface area contributed by atoms with E-state index in [1.54, 1.807) is 6.26 Å². The number of aromatic nitrogens is 5. The number of nitrogens with one attached hydrogen (secondary N) is 1. The molecule has 1 aliphatic rings. The molecular weight excluding hydrogens is 322 g/mol. The lowest BCUT2D eigenvalue weighted by Gasteiger charge is -2.32. The third-order valence-electron chi connectivity index (χ3n) is 4.42. The van der Waals surface area contributed by atoms with Gasteiger partial charge in [0.15, 0.2) is 11.5 Å². The zero-order valence-corrected chi connectivity index (χ0v) is 13.7. The van der Waals surface area contributed by atoms with Crippen LogP contribution in [-0.2, 0) is 11.2 Å². The van der Waals surface area contributed by atoms with E-state index in [1.807, 2.05) is 24.3 Å². The molecule has 130 valence electrons. The van der Waals surface area contributed by atoms with Crippen LogP contribution in [0.4, 0.5) is 5.82 Å². The minimum absolute atomic E-state index is 0.0447. The van der Waals surface area contributed by atoms with Gasteiger partial charge in [-0.2, -0.15) is 0 Å². The van der Waals surface area contributed by atoms with Gasteiger partial charge in [0, 0.05) is 26.1 Å². The average Bonchev–Trinajstić information content (AvgIpc) is 3.32. The number of piperidine rings is 1. The van der Waals surface area contributed by atoms with Gasteiger partial charge in [0.2, 0.25) is 5.91 Å². The Morgan fingerprint density at radius 2 is 2.32 bits per heavy atom. The van der Waals surface area contributed by atoms with Gasteiger partial charge in [-0.15, -0.1) is 14.8 Å². The Morgan fingerprint density at radius 1 is 1.36 bits per heavy atom. The maximum absolute atomic E-state index is 12.4. The molecule has 25 heavy (non-hydrogen) atoms. The van der Waals surface area contributed by atoms with Crippen LogP contribution in [0.5, 0.6) is 0 Å². The number of furan rings is 1. The number of tetrazole rings is 1. The monoisotopic (exact) mass is 341 g/mol. The van der Waals surface area contributed by atoms with Crippen molar-refractivity contribution in [3.8, 4) is 0 Å². The van der Waals surface area contributed by atoms with Crippen molar-refractivity contribution in [2.24, 2.45) is 5.92 Å². The van der Waals surface area contributed by atoms with Crippen LogP contribution in [0.25, 0.3) is 5.65 Å². The first-order valence-electron chi connectivity index (χ1n) is 8.40. The van der Waals surface area contributed by atoms with E-state index in [9.17, 15) is 4.79 Å². The molecule has 0 saturated carbocycles. The van der Waals surface area contributed by atoms with Crippen LogP contribution in [0, 0.1) is 5.92 Å². The zero-order valence-electron chi connectivity index (χ0n) is 13.7. The van der Waals surface area contributed by atoms with Crippen molar-refractivity contribution < 1.29 is 9.21 Å². The third kappa shape index (κ3) is 3.44. The minimum atomic E-state index is -0.0447. The lowest BCUT2D eigenvalue weighted by Crippen LogP contribution is -2.44. The summed E-state index contributed by atoms with van der Waals surface area (Å²) in [6.45, 7) is 2.10. The predicted molar refractivity (Wildman–Crippen MR) is 88.9 cm³/mol. The fraction of sp³-hybridized carbons (Fsp3) is 0.438. The molecule has 0 unspecified atom stereocenters. The largest absolute Gasteiger partial charge is 0.469 e. The highest BCUT2D eigenvalue weighted by atomic mass is 16.3. The molecule has 4 heterocycles. The second kappa shape index (κ2) is 6.88. The van der Waals surface area contributed by atoms with E-state index in [1.165, 1.54) is 4.63 Å². The fourth-order valence-corrected chi connectivity index (χ4v) is 3.12. The van der Waals surface area contributed by atoms with Gasteiger partial charge < -0.3 is 14.6 Å². The van der Waals surface area contributed by atoms with Crippen molar-refractivity contribution in [2.45, 2.75) is 19.3 Å². The van der Waals surface area contributed by atoms with Crippen LogP contribution in [0.15, 0.2) is 34.9 Å². The number of anilines is 1. The minimum Gasteiger partial charge on any atom is -0.469 e. The van der Waals surface area contributed by atoms with Gasteiger partial charge in [-0.05, 0) is 47.5 Å². The van der Waals surface area contributed by atoms with Crippen LogP contribution < -0.4 is 10.2 Å². The van der Waals surface area contributed by atoms with Crippen molar-refractivity contribution in [2.75, 3.05) is 24.5 Å². The van der Waals surface area contributed by atoms with Crippen LogP contribution >= 0.6 is 0 Å². The maximum atomic E-state index is 12.4. The van der Waals surface area contributed by atoms with E-state index in [4.69, 9.17) is 4.42 Å². The Kier molecular flexibility index (Phi) is 4.28. The summed E-state index contributed by atoms with van der Waals surface area (Å²) >= 11 is 0. The highest BCUT2D eigenvalue weighted by Crippen LogP contribution is 2.21. The number of amides is 1. The molecule has 0 aliphatic carbocycles. The molecule has 3 aromatic heterocycles. The van der Waals surface area contributed by atoms with Gasteiger partial charge >= 0.3 is 0 Å². The summed E-state index contributed by atoms with van der Waals surface area (Å²) in [4.78, 5) is 14.6. The number of hydrogen-bond donors (Lipinski definition) is 1. The summed E-state index contributed by atoms with van der Waals surface area (Å²) < 4.78 is 6.68. The van der Waals surface area contributed by atoms with E-state index in [0.29, 0.717) is 25.2 Å². The lowest BCUT2D eigenvalue weighted by molar-refractivity contribution is -0.125. The molecule has 1 fully saturated rings. The van der Waals surface area contributed by atoms with E-state index in [0.717, 1.165) is 31.0 Å². The molecule has 0 spiro atoms. The van der Waals surface area contributed by atoms with Crippen LogP contribution in [0.2, 0.25) is 0 Å². The third-order valence-corrected chi connectivity index (χ3v) is 4.42. The van der Waals surface area contributed by atoms with Crippen LogP contribution in [-0.4, -0.2) is 50.8 Å². The van der Waals surface area contributed by atoms with Crippen molar-refractivity contribution in [3.05, 3.63) is 36.3 Å². The Morgan fingerprint density at radius 3 is 3.20 bits per heavy atom. The zero-order chi connectivity index (χ0) is 17.1. The van der Waals surface area contributed by atoms with Gasteiger partial charge in [-0.3, -0.25) is 4.79 Å². The Labute approximate surface area is 144 Å². The molecule has 0 bridgehead atoms. The summed E-state index contributed by atoms with van der Waals surface area (Å²) in [5, 5.41) is 18.7. The topological polar surface area (TPSA) is 101 Å². The van der Waals surface area contributed by atoms with E-state index in [-0.39, 0.29) is 11.8 Å². The number of carbonyl (C=O) groups excluding carboxylic acids is 1. The second-order valence-corrected chi connectivity index (χ2v) is 6.12. The number of hydrogen-bond acceptors (Lipinski definition) is 7. The molecule has 1 aliphatic heterocycles. The van der Waals surface area contributed by atoms with E-state index < -0.39 is 0 Å². The number of fused-ring (bicyclic) bond motifs is 1. The summed E-state index contributed by atoms with van der Waals surface area (Å²) in [5.74, 6) is 1.70. The van der Waals surface area contributed by atoms with E-state index in [2.05, 4.69) is 30.8 Å². The molecule has 0 aromatic carbocycles. The molecule has 1 amide bonds. The fourth-order valence-electron chi connectivity index (χ4n) is 3.12. The van der Waals surface area contributed by atoms with Crippen LogP contribution in [0.1, 0.15) is 18.6 Å². The number of nitrogens with zero attached hydrogens (tertiary/aromatic N) is 6. The highest BCUT2D eigenvalue weighted by molar-refractivity contribution is 5.79. The Bertz CT molecular complexity index is 845. The molecule has 9 heteroatoms. The average molecular weight is 341 g/mol. The van der Waals surface area contributed by atoms with Crippen molar-refractivity contribution >= 4 is 17.4 Å². The first-order chi connectivity index (χ1) is 12.3. The summed E-state index contributed by atoms with van der Waals surface area (Å²) in [7, 11) is 0. The summed E-state index contributed by atoms with van der Waals surface area (Å²) in [5.41, 5.74) is 0.605. The van der Waals surface area contributed by atoms with Crippen molar-refractivity contribution in [1.29, 1.82) is 0 Å². The maximum Gasteiger partial charge on any atom is 0.224 e. The summed E-state index contributed by atoms with van der Waals surface area (Å²) in [6.07, 6.45) is 4.18. The van der Waals surface area contributed by atoms with Gasteiger partial charge in [-0.25, -0.2) is 0 Å². The molecule has 3 aromatic rings. The Hall–Kier alpha value is -2.97. The summed E-state index contributed by atoms with van der Waals surface area (Å²) in [6, 6.07) is 7.48. The van der Waals surface area contributed by atoms with E-state index >= 15 is 0 Å². The lowest BCUT2D eigenvalue weighted by atomic mass is 9.97. The van der Waals surface area contributed by atoms with Crippen LogP contribution in [0.3, 0.4) is 0 Å². The van der Waals surface area contributed by atoms with Gasteiger partial charge in [0.1, 0.15) is 5.76 Å². The molecule has 9 nitrogen and oxygen atoms in total. The normalized spacial score (nSPS) is 17.8. The van der Waals surface area contributed by atoms with Gasteiger partial charge in [0.05, 0.1) is 12.2 Å². The van der Waals surface area contributed by atoms with Crippen molar-refractivity contribution in [1.82, 2.24) is 30.6 Å². The smallest absolute Gasteiger partial charge is 0.224 e. The number of carbonyl (C=O) groups is 1. The first kappa shape index (κ1) is 15.6. The van der Waals surface area contributed by atoms with Gasteiger partial charge in [0.25, 0.3) is 0 Å². The molecule has 1 N–H and O–H groups in total. The Balaban J connectivity index is 1.35. The SMILES string of the molecule is O=C(NCCc1ccco1)[C@@H]1CCCN(c2ccc3nnnn3n2)C1. The second-order valence-electron chi connectivity index (χ2n) is 6.12. The standard InChI is InChI=1S/C16H19N7O2/c24-16(17-8-7-13-4-2-10-25-13)12-3-1-9-22(11-12)15-6-5-14-18-20-21-23(14)19-15/h2,4-6,10,12H,1,3,7-9,11H2,(H,17,24)/t12-/m1/s1. The molecule has 0 radical (unpaired) electrons. The molecule has 1 saturated heterocycles. The molecular formula is C16H19N7O2. The quantitative estimate of drug-likeness (QED) is 0.728.